The van der Waals surface area contributed by atoms with E-state index in [4.69, 9.17) is 4.74 Å². The van der Waals surface area contributed by atoms with Crippen LogP contribution in [-0.2, 0) is 21.4 Å². The molecule has 146 valence electrons. The van der Waals surface area contributed by atoms with Crippen molar-refractivity contribution in [3.63, 3.8) is 0 Å². The average Bonchev–Trinajstić information content (AvgIpc) is 3.11. The standard InChI is InChI=1S/C24H27NO3/c1-4-15-13-25-10-9-24-19(22(23(27)28-3)18(15)12-21(24)25)8-7-16-5-6-17(14(2)26)11-20(16)24/h4-6,11,18,21H,7-10,12-13H2,1-3H3/b15-4-/t18?,21-,24+/m0/s1. The number of Topliss-reactive ketones (excluding diaryl/α,β-unsaturated/α-hetero) is 1. The molecule has 1 aromatic rings. The number of allylic oxidation sites excluding steroid dienone is 1. The molecule has 0 radical (unpaired) electrons. The van der Waals surface area contributed by atoms with Gasteiger partial charge >= 0.3 is 5.97 Å². The highest BCUT2D eigenvalue weighted by molar-refractivity contribution is 5.95. The van der Waals surface area contributed by atoms with Gasteiger partial charge in [0, 0.05) is 41.6 Å². The molecular formula is C24H27NO3. The lowest BCUT2D eigenvalue weighted by Gasteiger charge is -2.53. The lowest BCUT2D eigenvalue weighted by molar-refractivity contribution is -0.137. The van der Waals surface area contributed by atoms with Crippen LogP contribution in [0.5, 0.6) is 0 Å². The van der Waals surface area contributed by atoms with E-state index in [-0.39, 0.29) is 23.1 Å². The third-order valence-corrected chi connectivity index (χ3v) is 7.72. The van der Waals surface area contributed by atoms with Crippen LogP contribution in [0.3, 0.4) is 0 Å². The third-order valence-electron chi connectivity index (χ3n) is 7.72. The molecule has 4 heteroatoms. The van der Waals surface area contributed by atoms with Crippen LogP contribution in [0.15, 0.2) is 41.0 Å². The van der Waals surface area contributed by atoms with Gasteiger partial charge in [0.1, 0.15) is 0 Å². The molecule has 2 fully saturated rings. The molecule has 1 aromatic carbocycles. The fourth-order valence-corrected chi connectivity index (χ4v) is 6.51. The summed E-state index contributed by atoms with van der Waals surface area (Å²) in [6.07, 6.45) is 6.02. The fourth-order valence-electron chi connectivity index (χ4n) is 6.51. The molecule has 4 aliphatic rings. The molecule has 1 spiro atoms. The van der Waals surface area contributed by atoms with E-state index < -0.39 is 0 Å². The lowest BCUT2D eigenvalue weighted by atomic mass is 9.54. The Balaban J connectivity index is 1.81. The summed E-state index contributed by atoms with van der Waals surface area (Å²) in [5.41, 5.74) is 6.82. The minimum absolute atomic E-state index is 0.104. The Morgan fingerprint density at radius 1 is 1.29 bits per heavy atom. The highest BCUT2D eigenvalue weighted by atomic mass is 16.5. The van der Waals surface area contributed by atoms with E-state index in [1.54, 1.807) is 6.92 Å². The predicted molar refractivity (Wildman–Crippen MR) is 107 cm³/mol. The minimum atomic E-state index is -0.163. The maximum absolute atomic E-state index is 13.0. The maximum Gasteiger partial charge on any atom is 0.334 e. The molecule has 5 rings (SSSR count). The summed E-state index contributed by atoms with van der Waals surface area (Å²) in [6, 6.07) is 6.64. The Bertz CT molecular complexity index is 957. The molecular weight excluding hydrogens is 350 g/mol. The minimum Gasteiger partial charge on any atom is -0.466 e. The second-order valence-electron chi connectivity index (χ2n) is 8.67. The second-order valence-corrected chi connectivity index (χ2v) is 8.67. The number of aryl methyl sites for hydroxylation is 1. The molecule has 2 saturated heterocycles. The fraction of sp³-hybridized carbons (Fsp3) is 0.500. The summed E-state index contributed by atoms with van der Waals surface area (Å²) in [5.74, 6) is 0.119. The van der Waals surface area contributed by atoms with Gasteiger partial charge < -0.3 is 4.74 Å². The smallest absolute Gasteiger partial charge is 0.334 e. The summed E-state index contributed by atoms with van der Waals surface area (Å²) >= 11 is 0. The Kier molecular flexibility index (Phi) is 3.92. The molecule has 3 atom stereocenters. The van der Waals surface area contributed by atoms with Gasteiger partial charge in [0.15, 0.2) is 5.78 Å². The first kappa shape index (κ1) is 17.9. The highest BCUT2D eigenvalue weighted by Crippen LogP contribution is 2.60. The van der Waals surface area contributed by atoms with E-state index in [1.807, 2.05) is 6.07 Å². The van der Waals surface area contributed by atoms with Crippen LogP contribution >= 0.6 is 0 Å². The number of carbonyl (C=O) groups is 2. The summed E-state index contributed by atoms with van der Waals surface area (Å²) in [5, 5.41) is 0. The average molecular weight is 377 g/mol. The van der Waals surface area contributed by atoms with E-state index in [1.165, 1.54) is 29.4 Å². The van der Waals surface area contributed by atoms with Gasteiger partial charge in [-0.05, 0) is 62.3 Å². The Morgan fingerprint density at radius 3 is 2.82 bits per heavy atom. The first-order valence-corrected chi connectivity index (χ1v) is 10.4. The van der Waals surface area contributed by atoms with Gasteiger partial charge in [0.05, 0.1) is 7.11 Å². The molecule has 0 amide bonds. The maximum atomic E-state index is 13.0. The quantitative estimate of drug-likeness (QED) is 0.449. The van der Waals surface area contributed by atoms with Crippen molar-refractivity contribution in [1.29, 1.82) is 0 Å². The number of methoxy groups -OCH3 is 1. The van der Waals surface area contributed by atoms with Crippen LogP contribution in [0.2, 0.25) is 0 Å². The van der Waals surface area contributed by atoms with Crippen molar-refractivity contribution in [2.24, 2.45) is 5.92 Å². The molecule has 2 aliphatic carbocycles. The molecule has 4 nitrogen and oxygen atoms in total. The molecule has 0 aromatic heterocycles. The Morgan fingerprint density at radius 2 is 2.11 bits per heavy atom. The number of hydrogen-bond donors (Lipinski definition) is 0. The zero-order chi connectivity index (χ0) is 19.6. The van der Waals surface area contributed by atoms with E-state index in [2.05, 4.69) is 30.0 Å². The highest BCUT2D eigenvalue weighted by Gasteiger charge is 2.60. The third kappa shape index (κ3) is 2.15. The molecule has 0 saturated carbocycles. The van der Waals surface area contributed by atoms with Gasteiger partial charge in [-0.1, -0.05) is 23.8 Å². The van der Waals surface area contributed by atoms with Crippen molar-refractivity contribution in [1.82, 2.24) is 4.90 Å². The monoisotopic (exact) mass is 377 g/mol. The van der Waals surface area contributed by atoms with Crippen LogP contribution in [0.25, 0.3) is 0 Å². The number of hydrogen-bond acceptors (Lipinski definition) is 4. The number of fused-ring (bicyclic) bond motifs is 2. The predicted octanol–water partition coefficient (Wildman–Crippen LogP) is 3.60. The molecule has 2 aliphatic heterocycles. The number of ketones is 1. The molecule has 2 bridgehead atoms. The number of rotatable bonds is 2. The molecule has 28 heavy (non-hydrogen) atoms. The number of piperidine rings is 1. The first-order valence-electron chi connectivity index (χ1n) is 10.4. The van der Waals surface area contributed by atoms with Gasteiger partial charge in [0.2, 0.25) is 0 Å². The normalized spacial score (nSPS) is 32.2. The largest absolute Gasteiger partial charge is 0.466 e. The van der Waals surface area contributed by atoms with Crippen LogP contribution in [0.1, 0.15) is 54.6 Å². The lowest BCUT2D eigenvalue weighted by Crippen LogP contribution is -2.55. The number of benzene rings is 1. The van der Waals surface area contributed by atoms with E-state index in [9.17, 15) is 9.59 Å². The Hall–Kier alpha value is -2.20. The van der Waals surface area contributed by atoms with Gasteiger partial charge in [-0.3, -0.25) is 9.69 Å². The number of ether oxygens (including phenoxy) is 1. The van der Waals surface area contributed by atoms with E-state index in [0.29, 0.717) is 6.04 Å². The topological polar surface area (TPSA) is 46.6 Å². The van der Waals surface area contributed by atoms with Gasteiger partial charge in [-0.2, -0.15) is 0 Å². The van der Waals surface area contributed by atoms with Crippen LogP contribution in [-0.4, -0.2) is 42.9 Å². The number of esters is 1. The zero-order valence-corrected chi connectivity index (χ0v) is 16.9. The molecule has 1 unspecified atom stereocenters. The van der Waals surface area contributed by atoms with E-state index >= 15 is 0 Å². The van der Waals surface area contributed by atoms with Gasteiger partial charge in [-0.15, -0.1) is 0 Å². The van der Waals surface area contributed by atoms with Crippen molar-refractivity contribution in [2.75, 3.05) is 20.2 Å². The first-order chi connectivity index (χ1) is 13.5. The molecule has 2 heterocycles. The zero-order valence-electron chi connectivity index (χ0n) is 16.9. The number of carbonyl (C=O) groups excluding carboxylic acids is 2. The van der Waals surface area contributed by atoms with Crippen molar-refractivity contribution in [2.45, 2.75) is 51.0 Å². The summed E-state index contributed by atoms with van der Waals surface area (Å²) in [7, 11) is 1.50. The summed E-state index contributed by atoms with van der Waals surface area (Å²) in [4.78, 5) is 27.7. The van der Waals surface area contributed by atoms with Crippen molar-refractivity contribution < 1.29 is 14.3 Å². The Labute approximate surface area is 166 Å². The van der Waals surface area contributed by atoms with Gasteiger partial charge in [-0.25, -0.2) is 4.79 Å². The van der Waals surface area contributed by atoms with Crippen molar-refractivity contribution >= 4 is 11.8 Å². The number of nitrogens with zero attached hydrogens (tertiary/aromatic N) is 1. The van der Waals surface area contributed by atoms with Crippen LogP contribution in [0, 0.1) is 5.92 Å². The van der Waals surface area contributed by atoms with Gasteiger partial charge in [0.25, 0.3) is 0 Å². The SMILES string of the molecule is C/C=C1/CN2CC[C@]34C(=C(C(=O)OC)C1C[C@H]23)CCc1ccc(C(C)=O)cc14. The van der Waals surface area contributed by atoms with E-state index in [0.717, 1.165) is 49.9 Å². The summed E-state index contributed by atoms with van der Waals surface area (Å²) < 4.78 is 5.28. The second kappa shape index (κ2) is 6.15. The van der Waals surface area contributed by atoms with Crippen molar-refractivity contribution in [3.05, 3.63) is 57.7 Å². The van der Waals surface area contributed by atoms with Crippen LogP contribution in [0.4, 0.5) is 0 Å². The summed E-state index contributed by atoms with van der Waals surface area (Å²) in [6.45, 7) is 5.69. The molecule has 0 N–H and O–H groups in total. The van der Waals surface area contributed by atoms with Crippen LogP contribution < -0.4 is 0 Å². The van der Waals surface area contributed by atoms with Crippen molar-refractivity contribution in [3.8, 4) is 0 Å².